The van der Waals surface area contributed by atoms with Crippen LogP contribution in [0.5, 0.6) is 0 Å². The van der Waals surface area contributed by atoms with Gasteiger partial charge in [-0.25, -0.2) is 5.48 Å². The van der Waals surface area contributed by atoms with Gasteiger partial charge in [0.2, 0.25) is 5.91 Å². The second kappa shape index (κ2) is 4.73. The molecule has 0 unspecified atom stereocenters. The Hall–Kier alpha value is -1.40. The topological polar surface area (TPSA) is 92.4 Å². The van der Waals surface area contributed by atoms with Crippen LogP contribution < -0.4 is 11.2 Å². The zero-order valence-corrected chi connectivity index (χ0v) is 8.13. The molecule has 1 aromatic heterocycles. The van der Waals surface area contributed by atoms with Gasteiger partial charge < -0.3 is 5.73 Å². The molecule has 0 saturated heterocycles. The van der Waals surface area contributed by atoms with Crippen LogP contribution in [0.4, 0.5) is 0 Å². The van der Waals surface area contributed by atoms with Crippen molar-refractivity contribution in [3.63, 3.8) is 0 Å². The molecule has 0 aliphatic heterocycles. The summed E-state index contributed by atoms with van der Waals surface area (Å²) >= 11 is 1.23. The highest BCUT2D eigenvalue weighted by Crippen LogP contribution is 2.17. The molecular formula is C8H10N2O3S. The van der Waals surface area contributed by atoms with Gasteiger partial charge in [0, 0.05) is 11.3 Å². The smallest absolute Gasteiger partial charge is 0.284 e. The van der Waals surface area contributed by atoms with Crippen LogP contribution >= 0.6 is 11.3 Å². The third-order valence-electron chi connectivity index (χ3n) is 1.60. The maximum absolute atomic E-state index is 10.9. The van der Waals surface area contributed by atoms with Crippen molar-refractivity contribution in [2.45, 2.75) is 12.8 Å². The highest BCUT2D eigenvalue weighted by molar-refractivity contribution is 7.14. The molecule has 4 N–H and O–H groups in total. The summed E-state index contributed by atoms with van der Waals surface area (Å²) in [6, 6.07) is 3.32. The third-order valence-corrected chi connectivity index (χ3v) is 2.75. The second-order valence-corrected chi connectivity index (χ2v) is 3.84. The Morgan fingerprint density at radius 2 is 2.21 bits per heavy atom. The minimum Gasteiger partial charge on any atom is -0.370 e. The molecule has 0 aliphatic rings. The summed E-state index contributed by atoms with van der Waals surface area (Å²) in [5, 5.41) is 8.35. The molecule has 5 nitrogen and oxygen atoms in total. The molecule has 6 heteroatoms. The van der Waals surface area contributed by atoms with E-state index in [-0.39, 0.29) is 12.3 Å². The van der Waals surface area contributed by atoms with Crippen molar-refractivity contribution in [1.29, 1.82) is 0 Å². The number of nitrogens with two attached hydrogens (primary N) is 1. The van der Waals surface area contributed by atoms with Gasteiger partial charge in [-0.1, -0.05) is 0 Å². The summed E-state index contributed by atoms with van der Waals surface area (Å²) in [6.07, 6.45) is 0.791. The van der Waals surface area contributed by atoms with E-state index in [0.717, 1.165) is 4.88 Å². The monoisotopic (exact) mass is 214 g/mol. The number of primary amides is 1. The summed E-state index contributed by atoms with van der Waals surface area (Å²) < 4.78 is 0. The van der Waals surface area contributed by atoms with Crippen molar-refractivity contribution in [2.75, 3.05) is 0 Å². The van der Waals surface area contributed by atoms with Gasteiger partial charge in [0.05, 0.1) is 4.88 Å². The lowest BCUT2D eigenvalue weighted by atomic mass is 10.2. The van der Waals surface area contributed by atoms with E-state index in [0.29, 0.717) is 11.3 Å². The van der Waals surface area contributed by atoms with E-state index < -0.39 is 5.91 Å². The molecule has 14 heavy (non-hydrogen) atoms. The van der Waals surface area contributed by atoms with E-state index in [9.17, 15) is 9.59 Å². The Bertz CT molecular complexity index is 348. The molecule has 0 radical (unpaired) electrons. The summed E-state index contributed by atoms with van der Waals surface area (Å²) in [4.78, 5) is 22.7. The second-order valence-electron chi connectivity index (χ2n) is 2.67. The number of thiophene rings is 1. The van der Waals surface area contributed by atoms with E-state index in [1.54, 1.807) is 12.1 Å². The first-order valence-electron chi connectivity index (χ1n) is 3.95. The minimum atomic E-state index is -0.541. The van der Waals surface area contributed by atoms with E-state index >= 15 is 0 Å². The lowest BCUT2D eigenvalue weighted by molar-refractivity contribution is -0.117. The van der Waals surface area contributed by atoms with Crippen molar-refractivity contribution in [3.8, 4) is 0 Å². The number of carbonyl (C=O) groups excluding carboxylic acids is 2. The van der Waals surface area contributed by atoms with Gasteiger partial charge >= 0.3 is 0 Å². The van der Waals surface area contributed by atoms with Gasteiger partial charge in [-0.15, -0.1) is 11.3 Å². The van der Waals surface area contributed by atoms with Crippen molar-refractivity contribution in [1.82, 2.24) is 5.48 Å². The predicted molar refractivity (Wildman–Crippen MR) is 51.1 cm³/mol. The molecule has 0 spiro atoms. The third kappa shape index (κ3) is 2.82. The Kier molecular flexibility index (Phi) is 3.61. The molecule has 0 aromatic carbocycles. The zero-order chi connectivity index (χ0) is 10.6. The average Bonchev–Trinajstić information content (AvgIpc) is 2.62. The van der Waals surface area contributed by atoms with Crippen LogP contribution in [0, 0.1) is 0 Å². The van der Waals surface area contributed by atoms with Crippen LogP contribution in [0.3, 0.4) is 0 Å². The molecule has 0 saturated carbocycles. The molecule has 1 heterocycles. The summed E-state index contributed by atoms with van der Waals surface area (Å²) in [6.45, 7) is 0. The fourth-order valence-electron chi connectivity index (χ4n) is 0.936. The normalized spacial score (nSPS) is 9.79. The van der Waals surface area contributed by atoms with Gasteiger partial charge in [-0.3, -0.25) is 14.8 Å². The van der Waals surface area contributed by atoms with Crippen molar-refractivity contribution in [3.05, 3.63) is 21.9 Å². The van der Waals surface area contributed by atoms with Crippen LogP contribution in [-0.4, -0.2) is 17.0 Å². The van der Waals surface area contributed by atoms with Crippen LogP contribution in [0.15, 0.2) is 12.1 Å². The summed E-state index contributed by atoms with van der Waals surface area (Å²) in [5.74, 6) is -0.910. The first-order chi connectivity index (χ1) is 6.63. The number of hydrogen-bond donors (Lipinski definition) is 3. The number of nitrogens with one attached hydrogen (secondary N) is 1. The Labute approximate surface area is 84.5 Å². The highest BCUT2D eigenvalue weighted by atomic mass is 32.1. The van der Waals surface area contributed by atoms with Crippen LogP contribution in [0.2, 0.25) is 0 Å². The van der Waals surface area contributed by atoms with Crippen molar-refractivity contribution in [2.24, 2.45) is 5.73 Å². The predicted octanol–water partition coefficient (Wildman–Crippen LogP) is 0.285. The molecule has 0 bridgehead atoms. The highest BCUT2D eigenvalue weighted by Gasteiger charge is 2.08. The summed E-state index contributed by atoms with van der Waals surface area (Å²) in [7, 11) is 0. The number of carbonyl (C=O) groups is 2. The quantitative estimate of drug-likeness (QED) is 0.496. The van der Waals surface area contributed by atoms with E-state index in [2.05, 4.69) is 0 Å². The SMILES string of the molecule is NC(=O)CCc1ccc(C(=O)NO)s1. The molecule has 1 aromatic rings. The fourth-order valence-corrected chi connectivity index (χ4v) is 1.83. The Morgan fingerprint density at radius 3 is 2.79 bits per heavy atom. The molecular weight excluding hydrogens is 204 g/mol. The number of aryl methyl sites for hydroxylation is 1. The molecule has 1 rings (SSSR count). The van der Waals surface area contributed by atoms with Crippen LogP contribution in [0.1, 0.15) is 21.0 Å². The molecule has 2 amide bonds. The lowest BCUT2D eigenvalue weighted by Crippen LogP contribution is -2.16. The maximum atomic E-state index is 10.9. The van der Waals surface area contributed by atoms with Gasteiger partial charge in [-0.05, 0) is 18.6 Å². The van der Waals surface area contributed by atoms with E-state index in [1.165, 1.54) is 16.8 Å². The van der Waals surface area contributed by atoms with Crippen LogP contribution in [0.25, 0.3) is 0 Å². The van der Waals surface area contributed by atoms with Crippen molar-refractivity contribution < 1.29 is 14.8 Å². The number of hydroxylamine groups is 1. The lowest BCUT2D eigenvalue weighted by Gasteiger charge is -1.93. The number of rotatable bonds is 4. The summed E-state index contributed by atoms with van der Waals surface area (Å²) in [5.41, 5.74) is 6.52. The molecule has 0 atom stereocenters. The standard InChI is InChI=1S/C8H10N2O3S/c9-7(11)4-2-5-1-3-6(14-5)8(12)10-13/h1,3,13H,2,4H2,(H2,9,11)(H,10,12). The average molecular weight is 214 g/mol. The molecule has 76 valence electrons. The van der Waals surface area contributed by atoms with Crippen molar-refractivity contribution >= 4 is 23.2 Å². The van der Waals surface area contributed by atoms with E-state index in [4.69, 9.17) is 10.9 Å². The van der Waals surface area contributed by atoms with Gasteiger partial charge in [-0.2, -0.15) is 0 Å². The van der Waals surface area contributed by atoms with Gasteiger partial charge in [0.25, 0.3) is 5.91 Å². The zero-order valence-electron chi connectivity index (χ0n) is 7.32. The minimum absolute atomic E-state index is 0.265. The molecule has 0 aliphatic carbocycles. The largest absolute Gasteiger partial charge is 0.370 e. The number of hydrogen-bond acceptors (Lipinski definition) is 4. The van der Waals surface area contributed by atoms with E-state index in [1.807, 2.05) is 0 Å². The Balaban J connectivity index is 2.59. The van der Waals surface area contributed by atoms with Gasteiger partial charge in [0.1, 0.15) is 0 Å². The first-order valence-corrected chi connectivity index (χ1v) is 4.76. The maximum Gasteiger partial charge on any atom is 0.284 e. The fraction of sp³-hybridized carbons (Fsp3) is 0.250. The Morgan fingerprint density at radius 1 is 1.50 bits per heavy atom. The molecule has 0 fully saturated rings. The first kappa shape index (κ1) is 10.7. The van der Waals surface area contributed by atoms with Gasteiger partial charge in [0.15, 0.2) is 0 Å². The number of amides is 2. The van der Waals surface area contributed by atoms with Crippen LogP contribution in [-0.2, 0) is 11.2 Å².